The third-order valence-corrected chi connectivity index (χ3v) is 3.31. The number of carbonyl (C=O) groups is 1. The highest BCUT2D eigenvalue weighted by atomic mass is 32.2. The van der Waals surface area contributed by atoms with Crippen LogP contribution in [0.15, 0.2) is 29.2 Å². The molecular weight excluding hydrogens is 184 g/mol. The highest BCUT2D eigenvalue weighted by molar-refractivity contribution is 7.86. The van der Waals surface area contributed by atoms with Crippen molar-refractivity contribution in [2.75, 3.05) is 0 Å². The molecule has 2 nitrogen and oxygen atoms in total. The number of benzene rings is 1. The van der Waals surface area contributed by atoms with E-state index in [9.17, 15) is 9.00 Å². The second-order valence-corrected chi connectivity index (χ2v) is 4.76. The van der Waals surface area contributed by atoms with E-state index in [0.29, 0.717) is 4.90 Å². The van der Waals surface area contributed by atoms with Crippen molar-refractivity contribution < 1.29 is 9.00 Å². The van der Waals surface area contributed by atoms with E-state index >= 15 is 0 Å². The number of rotatable bonds is 3. The van der Waals surface area contributed by atoms with Gasteiger partial charge in [-0.05, 0) is 26.0 Å². The van der Waals surface area contributed by atoms with Gasteiger partial charge in [0, 0.05) is 4.90 Å². The Kier molecular flexibility index (Phi) is 3.37. The first-order chi connectivity index (χ1) is 6.15. The SMILES string of the molecule is Cc1ccc([S@](=O)C(C)C=O)cc1. The van der Waals surface area contributed by atoms with Crippen LogP contribution >= 0.6 is 0 Å². The van der Waals surface area contributed by atoms with Crippen molar-refractivity contribution in [3.05, 3.63) is 29.8 Å². The monoisotopic (exact) mass is 196 g/mol. The zero-order valence-electron chi connectivity index (χ0n) is 7.69. The Morgan fingerprint density at radius 1 is 1.31 bits per heavy atom. The average molecular weight is 196 g/mol. The van der Waals surface area contributed by atoms with Crippen molar-refractivity contribution in [3.8, 4) is 0 Å². The maximum atomic E-state index is 11.6. The van der Waals surface area contributed by atoms with Gasteiger partial charge < -0.3 is 4.79 Å². The number of hydrogen-bond acceptors (Lipinski definition) is 2. The topological polar surface area (TPSA) is 34.1 Å². The minimum absolute atomic E-state index is 0.428. The molecule has 0 bridgehead atoms. The predicted octanol–water partition coefficient (Wildman–Crippen LogP) is 1.69. The summed E-state index contributed by atoms with van der Waals surface area (Å²) in [5, 5.41) is -0.428. The first-order valence-electron chi connectivity index (χ1n) is 4.07. The Morgan fingerprint density at radius 2 is 1.85 bits per heavy atom. The van der Waals surface area contributed by atoms with E-state index in [1.165, 1.54) is 0 Å². The Morgan fingerprint density at radius 3 is 2.31 bits per heavy atom. The number of hydrogen-bond donors (Lipinski definition) is 0. The van der Waals surface area contributed by atoms with Crippen LogP contribution in [0.1, 0.15) is 12.5 Å². The van der Waals surface area contributed by atoms with Crippen LogP contribution in [0.2, 0.25) is 0 Å². The van der Waals surface area contributed by atoms with Gasteiger partial charge in [-0.25, -0.2) is 0 Å². The Balaban J connectivity index is 2.89. The highest BCUT2D eigenvalue weighted by Crippen LogP contribution is 2.11. The van der Waals surface area contributed by atoms with Gasteiger partial charge in [0.25, 0.3) is 0 Å². The summed E-state index contributed by atoms with van der Waals surface area (Å²) in [6.45, 7) is 3.62. The summed E-state index contributed by atoms with van der Waals surface area (Å²) in [4.78, 5) is 11.1. The van der Waals surface area contributed by atoms with E-state index < -0.39 is 16.0 Å². The molecule has 0 heterocycles. The van der Waals surface area contributed by atoms with Crippen LogP contribution in [0.4, 0.5) is 0 Å². The Bertz CT molecular complexity index is 316. The molecule has 13 heavy (non-hydrogen) atoms. The summed E-state index contributed by atoms with van der Waals surface area (Å²) in [6, 6.07) is 7.38. The van der Waals surface area contributed by atoms with Crippen molar-refractivity contribution in [1.29, 1.82) is 0 Å². The smallest absolute Gasteiger partial charge is 0.135 e. The van der Waals surface area contributed by atoms with Crippen LogP contribution in [-0.2, 0) is 15.6 Å². The molecule has 0 fully saturated rings. The van der Waals surface area contributed by atoms with Gasteiger partial charge in [0.15, 0.2) is 0 Å². The third-order valence-electron chi connectivity index (χ3n) is 1.78. The summed E-state index contributed by atoms with van der Waals surface area (Å²) in [5.41, 5.74) is 1.12. The molecular formula is C10H12O2S. The normalized spacial score (nSPS) is 14.9. The third kappa shape index (κ3) is 2.49. The zero-order chi connectivity index (χ0) is 9.84. The summed E-state index contributed by atoms with van der Waals surface area (Å²) < 4.78 is 11.6. The van der Waals surface area contributed by atoms with Crippen LogP contribution in [0, 0.1) is 6.92 Å². The number of aryl methyl sites for hydroxylation is 1. The summed E-state index contributed by atoms with van der Waals surface area (Å²) in [6.07, 6.45) is 0.718. The van der Waals surface area contributed by atoms with Crippen molar-refractivity contribution in [3.63, 3.8) is 0 Å². The fourth-order valence-corrected chi connectivity index (χ4v) is 1.87. The average Bonchev–Trinajstić information content (AvgIpc) is 2.17. The second-order valence-electron chi connectivity index (χ2n) is 2.95. The molecule has 0 aliphatic carbocycles. The lowest BCUT2D eigenvalue weighted by Gasteiger charge is -2.03. The molecule has 0 spiro atoms. The summed E-state index contributed by atoms with van der Waals surface area (Å²) >= 11 is 0. The van der Waals surface area contributed by atoms with Crippen molar-refractivity contribution in [2.24, 2.45) is 0 Å². The van der Waals surface area contributed by atoms with E-state index in [0.717, 1.165) is 11.8 Å². The van der Waals surface area contributed by atoms with Crippen LogP contribution in [0.3, 0.4) is 0 Å². The van der Waals surface area contributed by atoms with Gasteiger partial charge in [0.1, 0.15) is 6.29 Å². The molecule has 3 heteroatoms. The molecule has 70 valence electrons. The molecule has 1 unspecified atom stereocenters. The van der Waals surface area contributed by atoms with Gasteiger partial charge in [-0.15, -0.1) is 0 Å². The maximum Gasteiger partial charge on any atom is 0.135 e. The Hall–Kier alpha value is -0.960. The Labute approximate surface area is 80.4 Å². The molecule has 0 aromatic heterocycles. The van der Waals surface area contributed by atoms with Gasteiger partial charge in [-0.1, -0.05) is 17.7 Å². The lowest BCUT2D eigenvalue weighted by atomic mass is 10.2. The van der Waals surface area contributed by atoms with Crippen LogP contribution in [0.5, 0.6) is 0 Å². The highest BCUT2D eigenvalue weighted by Gasteiger charge is 2.11. The standard InChI is InChI=1S/C10H12O2S/c1-8-3-5-10(6-4-8)13(12)9(2)7-11/h3-7,9H,1-2H3/t9?,13-/m1/s1. The van der Waals surface area contributed by atoms with Gasteiger partial charge in [0.05, 0.1) is 16.0 Å². The quantitative estimate of drug-likeness (QED) is 0.689. The summed E-state index contributed by atoms with van der Waals surface area (Å²) in [7, 11) is -1.20. The molecule has 1 rings (SSSR count). The van der Waals surface area contributed by atoms with Crippen LogP contribution < -0.4 is 0 Å². The van der Waals surface area contributed by atoms with E-state index in [4.69, 9.17) is 0 Å². The molecule has 1 aromatic carbocycles. The number of carbonyl (C=O) groups excluding carboxylic acids is 1. The number of aldehydes is 1. The second kappa shape index (κ2) is 4.33. The molecule has 0 aliphatic heterocycles. The molecule has 1 aromatic rings. The molecule has 0 N–H and O–H groups in total. The van der Waals surface area contributed by atoms with Crippen molar-refractivity contribution >= 4 is 17.1 Å². The van der Waals surface area contributed by atoms with E-state index in [-0.39, 0.29) is 0 Å². The first-order valence-corrected chi connectivity index (χ1v) is 5.29. The first kappa shape index (κ1) is 10.1. The maximum absolute atomic E-state index is 11.6. The van der Waals surface area contributed by atoms with Gasteiger partial charge in [-0.2, -0.15) is 0 Å². The van der Waals surface area contributed by atoms with E-state index in [2.05, 4.69) is 0 Å². The lowest BCUT2D eigenvalue weighted by Crippen LogP contribution is -2.11. The van der Waals surface area contributed by atoms with Gasteiger partial charge >= 0.3 is 0 Å². The van der Waals surface area contributed by atoms with E-state index in [1.54, 1.807) is 19.1 Å². The molecule has 0 radical (unpaired) electrons. The van der Waals surface area contributed by atoms with Crippen molar-refractivity contribution in [1.82, 2.24) is 0 Å². The predicted molar refractivity (Wildman–Crippen MR) is 53.1 cm³/mol. The fourth-order valence-electron chi connectivity index (χ4n) is 0.938. The lowest BCUT2D eigenvalue weighted by molar-refractivity contribution is -0.107. The van der Waals surface area contributed by atoms with Gasteiger partial charge in [-0.3, -0.25) is 4.21 Å². The molecule has 2 atom stereocenters. The molecule has 0 aliphatic rings. The minimum atomic E-state index is -1.20. The minimum Gasteiger partial charge on any atom is -0.302 e. The molecule has 0 saturated heterocycles. The van der Waals surface area contributed by atoms with Gasteiger partial charge in [0.2, 0.25) is 0 Å². The van der Waals surface area contributed by atoms with Crippen LogP contribution in [-0.4, -0.2) is 15.7 Å². The van der Waals surface area contributed by atoms with E-state index in [1.807, 2.05) is 19.1 Å². The van der Waals surface area contributed by atoms with Crippen LogP contribution in [0.25, 0.3) is 0 Å². The van der Waals surface area contributed by atoms with Crippen molar-refractivity contribution in [2.45, 2.75) is 24.0 Å². The fraction of sp³-hybridized carbons (Fsp3) is 0.300. The zero-order valence-corrected chi connectivity index (χ0v) is 8.51. The largest absolute Gasteiger partial charge is 0.302 e. The summed E-state index contributed by atoms with van der Waals surface area (Å²) in [5.74, 6) is 0. The molecule has 0 amide bonds. The molecule has 0 saturated carbocycles.